The molecule has 1 aliphatic rings. The van der Waals surface area contributed by atoms with E-state index in [2.05, 4.69) is 32.2 Å². The van der Waals surface area contributed by atoms with Crippen LogP contribution in [0.25, 0.3) is 0 Å². The van der Waals surface area contributed by atoms with E-state index in [1.165, 1.54) is 12.8 Å². The smallest absolute Gasteiger partial charge is 0.193 e. The maximum absolute atomic E-state index is 5.59. The third-order valence-electron chi connectivity index (χ3n) is 3.69. The zero-order chi connectivity index (χ0) is 12.5. The minimum Gasteiger partial charge on any atom is -0.446 e. The van der Waals surface area contributed by atoms with E-state index < -0.39 is 0 Å². The summed E-state index contributed by atoms with van der Waals surface area (Å²) in [7, 11) is 0. The maximum Gasteiger partial charge on any atom is 0.193 e. The van der Waals surface area contributed by atoms with Crippen molar-refractivity contribution in [1.29, 1.82) is 0 Å². The Labute approximate surface area is 104 Å². The van der Waals surface area contributed by atoms with Crippen LogP contribution in [0.1, 0.15) is 45.8 Å². The summed E-state index contributed by atoms with van der Waals surface area (Å²) in [4.78, 5) is 0. The number of rotatable bonds is 3. The van der Waals surface area contributed by atoms with Gasteiger partial charge in [0.1, 0.15) is 5.76 Å². The molecule has 0 saturated heterocycles. The van der Waals surface area contributed by atoms with E-state index in [4.69, 9.17) is 4.42 Å². The molecule has 1 aliphatic carbocycles. The molecule has 1 heterocycles. The fraction of sp³-hybridized carbons (Fsp3) is 0.600. The molecule has 1 N–H and O–H groups in total. The highest BCUT2D eigenvalue weighted by molar-refractivity contribution is 5.36. The van der Waals surface area contributed by atoms with E-state index >= 15 is 0 Å². The fourth-order valence-electron chi connectivity index (χ4n) is 2.42. The number of anilines is 1. The van der Waals surface area contributed by atoms with Crippen molar-refractivity contribution < 1.29 is 4.42 Å². The van der Waals surface area contributed by atoms with Crippen LogP contribution in [0.4, 0.5) is 5.88 Å². The van der Waals surface area contributed by atoms with Crippen LogP contribution in [0.15, 0.2) is 28.2 Å². The molecule has 2 heteroatoms. The highest BCUT2D eigenvalue weighted by Gasteiger charge is 2.28. The van der Waals surface area contributed by atoms with Gasteiger partial charge in [-0.05, 0) is 45.1 Å². The molecule has 1 aromatic rings. The van der Waals surface area contributed by atoms with E-state index in [0.29, 0.717) is 5.92 Å². The minimum absolute atomic E-state index is 0.142. The molecule has 1 aromatic heterocycles. The van der Waals surface area contributed by atoms with Crippen molar-refractivity contribution in [3.05, 3.63) is 29.5 Å². The van der Waals surface area contributed by atoms with Crippen molar-refractivity contribution in [2.75, 3.05) is 5.32 Å². The van der Waals surface area contributed by atoms with Crippen LogP contribution in [0.5, 0.6) is 0 Å². The summed E-state index contributed by atoms with van der Waals surface area (Å²) in [6.07, 6.45) is 5.86. The Morgan fingerprint density at radius 2 is 2.12 bits per heavy atom. The fourth-order valence-corrected chi connectivity index (χ4v) is 2.42. The monoisotopic (exact) mass is 233 g/mol. The molecule has 0 saturated carbocycles. The largest absolute Gasteiger partial charge is 0.446 e. The summed E-state index contributed by atoms with van der Waals surface area (Å²) in [6.45, 7) is 8.80. The molecule has 0 amide bonds. The summed E-state index contributed by atoms with van der Waals surface area (Å²) in [5.41, 5.74) is 1.74. The number of nitrogens with one attached hydrogen (secondary N) is 1. The SMILES string of the molecule is Cc1ccc(NC2(C)CC=C(C(C)C)CC2)o1. The van der Waals surface area contributed by atoms with Crippen LogP contribution in [-0.2, 0) is 0 Å². The summed E-state index contributed by atoms with van der Waals surface area (Å²) in [5, 5.41) is 3.53. The lowest BCUT2D eigenvalue weighted by atomic mass is 9.81. The Balaban J connectivity index is 2.02. The quantitative estimate of drug-likeness (QED) is 0.776. The Bertz CT molecular complexity index is 416. The molecule has 0 radical (unpaired) electrons. The lowest BCUT2D eigenvalue weighted by Crippen LogP contribution is -2.36. The average Bonchev–Trinajstić information content (AvgIpc) is 2.63. The maximum atomic E-state index is 5.59. The molecule has 0 spiro atoms. The molecule has 2 rings (SSSR count). The molecule has 1 atom stereocenters. The molecule has 0 aromatic carbocycles. The Kier molecular flexibility index (Phi) is 3.32. The highest BCUT2D eigenvalue weighted by atomic mass is 16.4. The van der Waals surface area contributed by atoms with Crippen molar-refractivity contribution in [3.63, 3.8) is 0 Å². The first-order valence-electron chi connectivity index (χ1n) is 6.52. The molecular formula is C15H23NO. The predicted octanol–water partition coefficient (Wildman–Crippen LogP) is 4.52. The van der Waals surface area contributed by atoms with Gasteiger partial charge >= 0.3 is 0 Å². The molecule has 17 heavy (non-hydrogen) atoms. The standard InChI is InChI=1S/C15H23NO/c1-11(2)13-7-9-15(4,10-8-13)16-14-6-5-12(3)17-14/h5-7,11,16H,8-10H2,1-4H3. The van der Waals surface area contributed by atoms with E-state index in [-0.39, 0.29) is 5.54 Å². The van der Waals surface area contributed by atoms with E-state index in [1.807, 2.05) is 19.1 Å². The average molecular weight is 233 g/mol. The first kappa shape index (κ1) is 12.3. The van der Waals surface area contributed by atoms with E-state index in [1.54, 1.807) is 5.57 Å². The first-order chi connectivity index (χ1) is 7.98. The third-order valence-corrected chi connectivity index (χ3v) is 3.69. The summed E-state index contributed by atoms with van der Waals surface area (Å²) >= 11 is 0. The second-order valence-electron chi connectivity index (χ2n) is 5.73. The Morgan fingerprint density at radius 1 is 1.35 bits per heavy atom. The number of hydrogen-bond acceptors (Lipinski definition) is 2. The Morgan fingerprint density at radius 3 is 2.59 bits per heavy atom. The van der Waals surface area contributed by atoms with Crippen LogP contribution in [-0.4, -0.2) is 5.54 Å². The van der Waals surface area contributed by atoms with E-state index in [0.717, 1.165) is 18.1 Å². The van der Waals surface area contributed by atoms with Gasteiger partial charge in [0.25, 0.3) is 0 Å². The van der Waals surface area contributed by atoms with Crippen molar-refractivity contribution in [2.24, 2.45) is 5.92 Å². The lowest BCUT2D eigenvalue weighted by Gasteiger charge is -2.34. The van der Waals surface area contributed by atoms with Gasteiger partial charge in [-0.15, -0.1) is 0 Å². The van der Waals surface area contributed by atoms with Gasteiger partial charge in [0.05, 0.1) is 0 Å². The van der Waals surface area contributed by atoms with Crippen LogP contribution in [0, 0.1) is 12.8 Å². The van der Waals surface area contributed by atoms with Crippen molar-refractivity contribution >= 4 is 5.88 Å². The number of furan rings is 1. The van der Waals surface area contributed by atoms with Crippen LogP contribution >= 0.6 is 0 Å². The van der Waals surface area contributed by atoms with Gasteiger partial charge in [-0.2, -0.15) is 0 Å². The molecule has 2 nitrogen and oxygen atoms in total. The van der Waals surface area contributed by atoms with Crippen LogP contribution < -0.4 is 5.32 Å². The molecule has 1 unspecified atom stereocenters. The van der Waals surface area contributed by atoms with Gasteiger partial charge in [0.15, 0.2) is 5.88 Å². The molecule has 0 bridgehead atoms. The normalized spacial score (nSPS) is 24.9. The predicted molar refractivity (Wildman–Crippen MR) is 72.2 cm³/mol. The second kappa shape index (κ2) is 4.59. The van der Waals surface area contributed by atoms with Gasteiger partial charge in [-0.1, -0.05) is 25.5 Å². The minimum atomic E-state index is 0.142. The third kappa shape index (κ3) is 2.93. The number of allylic oxidation sites excluding steroid dienone is 1. The topological polar surface area (TPSA) is 25.2 Å². The van der Waals surface area contributed by atoms with Gasteiger partial charge in [-0.25, -0.2) is 0 Å². The molecule has 0 aliphatic heterocycles. The van der Waals surface area contributed by atoms with Crippen molar-refractivity contribution in [2.45, 2.75) is 52.5 Å². The van der Waals surface area contributed by atoms with Gasteiger partial charge in [0.2, 0.25) is 0 Å². The van der Waals surface area contributed by atoms with Gasteiger partial charge in [-0.3, -0.25) is 0 Å². The molecular weight excluding hydrogens is 210 g/mol. The zero-order valence-electron chi connectivity index (χ0n) is 11.3. The molecule has 0 fully saturated rings. The zero-order valence-corrected chi connectivity index (χ0v) is 11.3. The first-order valence-corrected chi connectivity index (χ1v) is 6.52. The highest BCUT2D eigenvalue weighted by Crippen LogP contribution is 2.33. The molecule has 94 valence electrons. The summed E-state index contributed by atoms with van der Waals surface area (Å²) in [5.74, 6) is 2.54. The van der Waals surface area contributed by atoms with Crippen molar-refractivity contribution in [1.82, 2.24) is 0 Å². The second-order valence-corrected chi connectivity index (χ2v) is 5.73. The van der Waals surface area contributed by atoms with Crippen molar-refractivity contribution in [3.8, 4) is 0 Å². The Hall–Kier alpha value is -1.18. The van der Waals surface area contributed by atoms with E-state index in [9.17, 15) is 0 Å². The number of aryl methyl sites for hydroxylation is 1. The van der Waals surface area contributed by atoms with Crippen LogP contribution in [0.3, 0.4) is 0 Å². The van der Waals surface area contributed by atoms with Gasteiger partial charge < -0.3 is 9.73 Å². The number of hydrogen-bond donors (Lipinski definition) is 1. The lowest BCUT2D eigenvalue weighted by molar-refractivity contribution is 0.422. The van der Waals surface area contributed by atoms with Crippen LogP contribution in [0.2, 0.25) is 0 Å². The summed E-state index contributed by atoms with van der Waals surface area (Å²) in [6, 6.07) is 4.02. The van der Waals surface area contributed by atoms with Gasteiger partial charge in [0, 0.05) is 11.6 Å². The summed E-state index contributed by atoms with van der Waals surface area (Å²) < 4.78 is 5.59.